The van der Waals surface area contributed by atoms with E-state index in [2.05, 4.69) is 10.4 Å². The number of hydrogen-bond acceptors (Lipinski definition) is 4. The van der Waals surface area contributed by atoms with Crippen molar-refractivity contribution in [3.05, 3.63) is 11.8 Å². The molecule has 0 bridgehead atoms. The van der Waals surface area contributed by atoms with Crippen LogP contribution in [0.2, 0.25) is 0 Å². The highest BCUT2D eigenvalue weighted by Gasteiger charge is 2.19. The highest BCUT2D eigenvalue weighted by Crippen LogP contribution is 2.21. The number of aromatic nitrogens is 2. The van der Waals surface area contributed by atoms with Crippen molar-refractivity contribution in [1.29, 1.82) is 0 Å². The summed E-state index contributed by atoms with van der Waals surface area (Å²) in [6.45, 7) is 10.2. The molecule has 114 valence electrons. The number of carbonyl (C=O) groups excluding carboxylic acids is 1. The summed E-state index contributed by atoms with van der Waals surface area (Å²) in [6, 6.07) is 1.88. The molecule has 0 aliphatic rings. The van der Waals surface area contributed by atoms with Crippen molar-refractivity contribution in [2.75, 3.05) is 23.4 Å². The third-order valence-corrected chi connectivity index (χ3v) is 3.95. The van der Waals surface area contributed by atoms with Gasteiger partial charge in [0.25, 0.3) is 0 Å². The fraction of sp³-hybridized carbons (Fsp3) is 0.714. The molecule has 1 unspecified atom stereocenters. The van der Waals surface area contributed by atoms with E-state index in [0.29, 0.717) is 5.75 Å². The summed E-state index contributed by atoms with van der Waals surface area (Å²) in [5, 5.41) is 16.3. The molecule has 0 aromatic carbocycles. The molecule has 5 nitrogen and oxygen atoms in total. The van der Waals surface area contributed by atoms with Gasteiger partial charge in [-0.05, 0) is 39.4 Å². The summed E-state index contributed by atoms with van der Waals surface area (Å²) in [4.78, 5) is 11.9. The van der Waals surface area contributed by atoms with Gasteiger partial charge in [0.05, 0.1) is 17.0 Å². The molecule has 6 heteroatoms. The van der Waals surface area contributed by atoms with E-state index in [1.807, 2.05) is 45.4 Å². The standard InChI is InChI=1S/C14H25N3O2S/c1-10(7-18)8-20-9-13(19)15-12-6-11(2)16-17(12)14(3,4)5/h6,10,18H,7-9H2,1-5H3,(H,15,19). The van der Waals surface area contributed by atoms with Gasteiger partial charge in [0, 0.05) is 12.7 Å². The highest BCUT2D eigenvalue weighted by molar-refractivity contribution is 7.99. The van der Waals surface area contributed by atoms with Crippen molar-refractivity contribution in [3.8, 4) is 0 Å². The van der Waals surface area contributed by atoms with Gasteiger partial charge < -0.3 is 10.4 Å². The van der Waals surface area contributed by atoms with Gasteiger partial charge in [0.2, 0.25) is 5.91 Å². The maximum atomic E-state index is 11.9. The van der Waals surface area contributed by atoms with E-state index >= 15 is 0 Å². The van der Waals surface area contributed by atoms with Crippen LogP contribution in [0, 0.1) is 12.8 Å². The molecular formula is C14H25N3O2S. The lowest BCUT2D eigenvalue weighted by molar-refractivity contribution is -0.113. The lowest BCUT2D eigenvalue weighted by Crippen LogP contribution is -2.27. The van der Waals surface area contributed by atoms with Gasteiger partial charge in [-0.25, -0.2) is 4.68 Å². The SMILES string of the molecule is Cc1cc(NC(=O)CSCC(C)CO)n(C(C)(C)C)n1. The Balaban J connectivity index is 2.58. The van der Waals surface area contributed by atoms with Crippen LogP contribution >= 0.6 is 11.8 Å². The molecule has 0 radical (unpaired) electrons. The number of aliphatic hydroxyl groups excluding tert-OH is 1. The minimum Gasteiger partial charge on any atom is -0.396 e. The number of carbonyl (C=O) groups is 1. The Kier molecular flexibility index (Phi) is 6.07. The van der Waals surface area contributed by atoms with Crippen LogP contribution < -0.4 is 5.32 Å². The Morgan fingerprint density at radius 3 is 2.75 bits per heavy atom. The summed E-state index contributed by atoms with van der Waals surface area (Å²) in [5.41, 5.74) is 0.715. The number of thioether (sulfide) groups is 1. The molecule has 0 aliphatic carbocycles. The maximum Gasteiger partial charge on any atom is 0.235 e. The van der Waals surface area contributed by atoms with Crippen LogP contribution in [0.4, 0.5) is 5.82 Å². The molecule has 0 aliphatic heterocycles. The van der Waals surface area contributed by atoms with Crippen LogP contribution in [0.25, 0.3) is 0 Å². The zero-order chi connectivity index (χ0) is 15.3. The quantitative estimate of drug-likeness (QED) is 0.845. The first-order valence-electron chi connectivity index (χ1n) is 6.79. The monoisotopic (exact) mass is 299 g/mol. The lowest BCUT2D eigenvalue weighted by Gasteiger charge is -2.22. The number of rotatable bonds is 6. The zero-order valence-corrected chi connectivity index (χ0v) is 13.8. The summed E-state index contributed by atoms with van der Waals surface area (Å²) < 4.78 is 1.83. The normalized spacial score (nSPS) is 13.3. The summed E-state index contributed by atoms with van der Waals surface area (Å²) in [7, 11) is 0. The molecule has 1 atom stereocenters. The molecule has 1 heterocycles. The van der Waals surface area contributed by atoms with Crippen molar-refractivity contribution in [3.63, 3.8) is 0 Å². The number of amides is 1. The van der Waals surface area contributed by atoms with Crippen LogP contribution in [0.3, 0.4) is 0 Å². The fourth-order valence-electron chi connectivity index (χ4n) is 1.68. The van der Waals surface area contributed by atoms with Crippen molar-refractivity contribution in [1.82, 2.24) is 9.78 Å². The van der Waals surface area contributed by atoms with Crippen LogP contribution in [-0.4, -0.2) is 38.9 Å². The van der Waals surface area contributed by atoms with Crippen molar-refractivity contribution in [2.45, 2.75) is 40.2 Å². The third-order valence-electron chi connectivity index (χ3n) is 2.68. The zero-order valence-electron chi connectivity index (χ0n) is 12.9. The number of aryl methyl sites for hydroxylation is 1. The van der Waals surface area contributed by atoms with Crippen LogP contribution in [0.5, 0.6) is 0 Å². The number of hydrogen-bond donors (Lipinski definition) is 2. The van der Waals surface area contributed by atoms with Gasteiger partial charge in [-0.3, -0.25) is 4.79 Å². The van der Waals surface area contributed by atoms with Crippen LogP contribution in [0.1, 0.15) is 33.4 Å². The van der Waals surface area contributed by atoms with Gasteiger partial charge in [0.1, 0.15) is 5.82 Å². The number of anilines is 1. The van der Waals surface area contributed by atoms with Gasteiger partial charge in [-0.2, -0.15) is 16.9 Å². The molecule has 1 aromatic rings. The highest BCUT2D eigenvalue weighted by atomic mass is 32.2. The number of aliphatic hydroxyl groups is 1. The van der Waals surface area contributed by atoms with Crippen LogP contribution in [0.15, 0.2) is 6.07 Å². The van der Waals surface area contributed by atoms with Gasteiger partial charge in [-0.15, -0.1) is 0 Å². The number of nitrogens with one attached hydrogen (secondary N) is 1. The van der Waals surface area contributed by atoms with Gasteiger partial charge in [0.15, 0.2) is 0 Å². The van der Waals surface area contributed by atoms with Crippen molar-refractivity contribution in [2.24, 2.45) is 5.92 Å². The molecule has 1 amide bonds. The van der Waals surface area contributed by atoms with E-state index in [0.717, 1.165) is 17.3 Å². The predicted octanol–water partition coefficient (Wildman–Crippen LogP) is 2.25. The Labute approximate surface area is 125 Å². The van der Waals surface area contributed by atoms with E-state index in [4.69, 9.17) is 5.11 Å². The second-order valence-electron chi connectivity index (χ2n) is 6.10. The average Bonchev–Trinajstić information content (AvgIpc) is 2.69. The molecular weight excluding hydrogens is 274 g/mol. The second kappa shape index (κ2) is 7.13. The number of nitrogens with zero attached hydrogens (tertiary/aromatic N) is 2. The van der Waals surface area contributed by atoms with Crippen LogP contribution in [-0.2, 0) is 10.3 Å². The molecule has 2 N–H and O–H groups in total. The van der Waals surface area contributed by atoms with E-state index in [1.54, 1.807) is 0 Å². The molecule has 1 aromatic heterocycles. The van der Waals surface area contributed by atoms with E-state index in [9.17, 15) is 4.79 Å². The fourth-order valence-corrected chi connectivity index (χ4v) is 2.57. The van der Waals surface area contributed by atoms with Crippen molar-refractivity contribution < 1.29 is 9.90 Å². The van der Waals surface area contributed by atoms with E-state index in [1.165, 1.54) is 11.8 Å². The lowest BCUT2D eigenvalue weighted by atomic mass is 10.1. The average molecular weight is 299 g/mol. The Morgan fingerprint density at radius 1 is 1.55 bits per heavy atom. The smallest absolute Gasteiger partial charge is 0.235 e. The minimum atomic E-state index is -0.171. The van der Waals surface area contributed by atoms with Gasteiger partial charge >= 0.3 is 0 Å². The molecule has 20 heavy (non-hydrogen) atoms. The topological polar surface area (TPSA) is 67.2 Å². The Hall–Kier alpha value is -1.01. The molecule has 1 rings (SSSR count). The molecule has 0 fully saturated rings. The predicted molar refractivity (Wildman–Crippen MR) is 84.2 cm³/mol. The Morgan fingerprint density at radius 2 is 2.20 bits per heavy atom. The first kappa shape index (κ1) is 17.0. The Bertz CT molecular complexity index is 452. The summed E-state index contributed by atoms with van der Waals surface area (Å²) >= 11 is 1.53. The minimum absolute atomic E-state index is 0.0365. The molecule has 0 spiro atoms. The third kappa shape index (κ3) is 5.17. The summed E-state index contributed by atoms with van der Waals surface area (Å²) in [6.07, 6.45) is 0. The summed E-state index contributed by atoms with van der Waals surface area (Å²) in [5.74, 6) is 2.08. The van der Waals surface area contributed by atoms with E-state index < -0.39 is 0 Å². The molecule has 0 saturated heterocycles. The largest absolute Gasteiger partial charge is 0.396 e. The first-order chi connectivity index (χ1) is 9.24. The first-order valence-corrected chi connectivity index (χ1v) is 7.95. The molecule has 0 saturated carbocycles. The van der Waals surface area contributed by atoms with E-state index in [-0.39, 0.29) is 24.0 Å². The second-order valence-corrected chi connectivity index (χ2v) is 7.13. The maximum absolute atomic E-state index is 11.9. The van der Waals surface area contributed by atoms with Gasteiger partial charge in [-0.1, -0.05) is 6.92 Å². The van der Waals surface area contributed by atoms with Crippen molar-refractivity contribution >= 4 is 23.5 Å².